The van der Waals surface area contributed by atoms with Gasteiger partial charge in [-0.2, -0.15) is 0 Å². The first-order valence-corrected chi connectivity index (χ1v) is 12.4. The average molecular weight is 425 g/mol. The maximum Gasteiger partial charge on any atom is 0.0712 e. The monoisotopic (exact) mass is 424 g/mol. The Morgan fingerprint density at radius 3 is 2.28 bits per heavy atom. The number of aliphatic imine (C=N–C) groups is 1. The van der Waals surface area contributed by atoms with Crippen LogP contribution in [-0.4, -0.2) is 12.3 Å². The lowest BCUT2D eigenvalue weighted by Gasteiger charge is -2.27. The topological polar surface area (TPSA) is 15.6 Å². The first kappa shape index (κ1) is 22.3. The van der Waals surface area contributed by atoms with E-state index in [1.807, 2.05) is 0 Å². The van der Waals surface area contributed by atoms with Gasteiger partial charge in [-0.3, -0.25) is 4.99 Å². The molecule has 2 heterocycles. The molecule has 2 heteroatoms. The molecule has 0 unspecified atom stereocenters. The summed E-state index contributed by atoms with van der Waals surface area (Å²) in [5.74, 6) is 0. The minimum absolute atomic E-state index is 1.07. The number of anilines is 1. The van der Waals surface area contributed by atoms with Crippen LogP contribution in [0.4, 0.5) is 11.4 Å². The second-order valence-corrected chi connectivity index (χ2v) is 8.92. The van der Waals surface area contributed by atoms with Crippen molar-refractivity contribution in [3.63, 3.8) is 0 Å². The zero-order valence-electron chi connectivity index (χ0n) is 19.7. The average Bonchev–Trinajstić information content (AvgIpc) is 3.14. The molecule has 166 valence electrons. The highest BCUT2D eigenvalue weighted by atomic mass is 15.1. The molecule has 0 N–H and O–H groups in total. The summed E-state index contributed by atoms with van der Waals surface area (Å²) in [6.45, 7) is 5.47. The maximum atomic E-state index is 4.72. The van der Waals surface area contributed by atoms with Crippen molar-refractivity contribution in [2.45, 2.75) is 65.2 Å². The summed E-state index contributed by atoms with van der Waals surface area (Å²) in [4.78, 5) is 7.14. The summed E-state index contributed by atoms with van der Waals surface area (Å²) in [5, 5.41) is 0. The Labute approximate surface area is 194 Å². The van der Waals surface area contributed by atoms with Crippen LogP contribution in [0.3, 0.4) is 0 Å². The van der Waals surface area contributed by atoms with Crippen molar-refractivity contribution in [1.82, 2.24) is 0 Å². The van der Waals surface area contributed by atoms with E-state index in [0.717, 1.165) is 17.9 Å². The Bertz CT molecular complexity index is 1040. The molecule has 0 radical (unpaired) electrons. The highest BCUT2D eigenvalue weighted by Crippen LogP contribution is 2.36. The van der Waals surface area contributed by atoms with E-state index in [1.165, 1.54) is 79.3 Å². The van der Waals surface area contributed by atoms with Gasteiger partial charge < -0.3 is 4.90 Å². The van der Waals surface area contributed by atoms with E-state index in [1.54, 1.807) is 0 Å². The highest BCUT2D eigenvalue weighted by Gasteiger charge is 2.18. The van der Waals surface area contributed by atoms with Gasteiger partial charge >= 0.3 is 0 Å². The lowest BCUT2D eigenvalue weighted by atomic mass is 9.97. The van der Waals surface area contributed by atoms with E-state index in [2.05, 4.69) is 91.7 Å². The summed E-state index contributed by atoms with van der Waals surface area (Å²) in [5.41, 5.74) is 8.51. The third-order valence-corrected chi connectivity index (χ3v) is 6.51. The molecule has 0 amide bonds. The van der Waals surface area contributed by atoms with Gasteiger partial charge in [-0.05, 0) is 37.1 Å². The molecule has 32 heavy (non-hydrogen) atoms. The third-order valence-electron chi connectivity index (χ3n) is 6.51. The quantitative estimate of drug-likeness (QED) is 0.348. The number of unbranched alkanes of at least 4 members (excludes halogenated alkanes) is 7. The summed E-state index contributed by atoms with van der Waals surface area (Å²) in [7, 11) is 0. The predicted molar refractivity (Wildman–Crippen MR) is 141 cm³/mol. The molecule has 0 bridgehead atoms. The zero-order valence-corrected chi connectivity index (χ0v) is 19.7. The van der Waals surface area contributed by atoms with Crippen LogP contribution in [0.1, 0.15) is 76.3 Å². The minimum Gasteiger partial charge on any atom is -0.347 e. The Kier molecular flexibility index (Phi) is 7.77. The van der Waals surface area contributed by atoms with Crippen LogP contribution in [0, 0.1) is 0 Å². The van der Waals surface area contributed by atoms with Crippen LogP contribution in [0.25, 0.3) is 11.1 Å². The van der Waals surface area contributed by atoms with Crippen LogP contribution in [0.15, 0.2) is 78.0 Å². The minimum atomic E-state index is 1.07. The fraction of sp³-hybridized carbons (Fsp3) is 0.367. The van der Waals surface area contributed by atoms with Gasteiger partial charge in [0.1, 0.15) is 0 Å². The Hall–Kier alpha value is -2.87. The molecule has 4 rings (SSSR count). The van der Waals surface area contributed by atoms with Gasteiger partial charge in [-0.1, -0.05) is 100 Å². The normalized spacial score (nSPS) is 17.1. The predicted octanol–water partition coefficient (Wildman–Crippen LogP) is 8.73. The Morgan fingerprint density at radius 2 is 1.47 bits per heavy atom. The first-order valence-electron chi connectivity index (χ1n) is 12.4. The van der Waals surface area contributed by atoms with Gasteiger partial charge in [0.05, 0.1) is 5.69 Å². The van der Waals surface area contributed by atoms with E-state index in [9.17, 15) is 0 Å². The lowest BCUT2D eigenvalue weighted by Crippen LogP contribution is -2.21. The van der Waals surface area contributed by atoms with Crippen molar-refractivity contribution < 1.29 is 0 Å². The van der Waals surface area contributed by atoms with E-state index in [4.69, 9.17) is 4.99 Å². The molecular formula is C30H36N2. The summed E-state index contributed by atoms with van der Waals surface area (Å²) < 4.78 is 0. The number of hydrogen-bond donors (Lipinski definition) is 0. The molecule has 0 spiro atoms. The van der Waals surface area contributed by atoms with Crippen LogP contribution in [-0.2, 0) is 0 Å². The maximum absolute atomic E-state index is 4.72. The molecule has 2 aliphatic rings. The fourth-order valence-corrected chi connectivity index (χ4v) is 4.68. The molecular weight excluding hydrogens is 388 g/mol. The fourth-order valence-electron chi connectivity index (χ4n) is 4.68. The third kappa shape index (κ3) is 5.30. The lowest BCUT2D eigenvalue weighted by molar-refractivity contribution is 0.576. The van der Waals surface area contributed by atoms with E-state index < -0.39 is 0 Å². The summed E-state index contributed by atoms with van der Waals surface area (Å²) >= 11 is 0. The highest BCUT2D eigenvalue weighted by molar-refractivity contribution is 6.28. The van der Waals surface area contributed by atoms with Gasteiger partial charge in [0.2, 0.25) is 0 Å². The van der Waals surface area contributed by atoms with Gasteiger partial charge in [-0.25, -0.2) is 0 Å². The second kappa shape index (κ2) is 11.1. The molecule has 2 nitrogen and oxygen atoms in total. The molecule has 0 atom stereocenters. The van der Waals surface area contributed by atoms with Gasteiger partial charge in [0.25, 0.3) is 0 Å². The standard InChI is InChI=1S/C30H36N2/c1-3-4-5-6-7-8-9-14-22-32-23-21-25(27-15-11-13-18-30(27)32)19-20-26-24(2)31-29-17-12-10-16-28(26)29/h10-13,15-21,23H,3-9,14,22H2,1-2H3/b25-19-,26-20-. The SMILES string of the molecule is CCCCCCCCCCN1C=C/C(=C/C=C2/C(C)=Nc3ccccc32)c2ccccc21. The zero-order chi connectivity index (χ0) is 22.2. The van der Waals surface area contributed by atoms with Crippen molar-refractivity contribution in [3.05, 3.63) is 84.1 Å². The second-order valence-electron chi connectivity index (χ2n) is 8.92. The van der Waals surface area contributed by atoms with Crippen LogP contribution >= 0.6 is 0 Å². The molecule has 2 aromatic rings. The summed E-state index contributed by atoms with van der Waals surface area (Å²) in [6.07, 6.45) is 19.9. The van der Waals surface area contributed by atoms with Crippen LogP contribution in [0.2, 0.25) is 0 Å². The number of nitrogens with zero attached hydrogens (tertiary/aromatic N) is 2. The van der Waals surface area contributed by atoms with E-state index in [0.29, 0.717) is 0 Å². The number of rotatable bonds is 10. The van der Waals surface area contributed by atoms with Crippen molar-refractivity contribution in [2.24, 2.45) is 4.99 Å². The molecule has 0 fully saturated rings. The molecule has 0 saturated carbocycles. The first-order chi connectivity index (χ1) is 15.8. The molecule has 2 aliphatic heterocycles. The van der Waals surface area contributed by atoms with Gasteiger partial charge in [0.15, 0.2) is 0 Å². The number of para-hydroxylation sites is 2. The number of fused-ring (bicyclic) bond motifs is 2. The van der Waals surface area contributed by atoms with Crippen LogP contribution in [0.5, 0.6) is 0 Å². The van der Waals surface area contributed by atoms with E-state index in [-0.39, 0.29) is 0 Å². The van der Waals surface area contributed by atoms with Crippen LogP contribution < -0.4 is 4.90 Å². The molecule has 0 aliphatic carbocycles. The number of benzene rings is 2. The van der Waals surface area contributed by atoms with Gasteiger partial charge in [0, 0.05) is 40.8 Å². The smallest absolute Gasteiger partial charge is 0.0712 e. The molecule has 2 aromatic carbocycles. The number of allylic oxidation sites excluding steroid dienone is 5. The van der Waals surface area contributed by atoms with Crippen molar-refractivity contribution in [1.29, 1.82) is 0 Å². The van der Waals surface area contributed by atoms with Crippen molar-refractivity contribution in [2.75, 3.05) is 11.4 Å². The molecule has 0 saturated heterocycles. The largest absolute Gasteiger partial charge is 0.347 e. The number of hydrogen-bond acceptors (Lipinski definition) is 2. The van der Waals surface area contributed by atoms with Crippen molar-refractivity contribution >= 4 is 28.2 Å². The van der Waals surface area contributed by atoms with Crippen molar-refractivity contribution in [3.8, 4) is 0 Å². The Balaban J connectivity index is 1.41. The summed E-state index contributed by atoms with van der Waals surface area (Å²) in [6, 6.07) is 17.2. The molecule has 0 aromatic heterocycles. The van der Waals surface area contributed by atoms with Gasteiger partial charge in [-0.15, -0.1) is 0 Å². The Morgan fingerprint density at radius 1 is 0.781 bits per heavy atom. The van der Waals surface area contributed by atoms with E-state index >= 15 is 0 Å².